The second kappa shape index (κ2) is 7.46. The van der Waals surface area contributed by atoms with E-state index in [-0.39, 0.29) is 5.91 Å². The molecule has 0 saturated heterocycles. The van der Waals surface area contributed by atoms with Crippen molar-refractivity contribution in [3.05, 3.63) is 64.0 Å². The Morgan fingerprint density at radius 2 is 1.88 bits per heavy atom. The second-order valence-corrected chi connectivity index (χ2v) is 6.53. The molecule has 0 bridgehead atoms. The molecule has 0 saturated carbocycles. The van der Waals surface area contributed by atoms with Gasteiger partial charge in [0.15, 0.2) is 0 Å². The highest BCUT2D eigenvalue weighted by Gasteiger charge is 2.19. The van der Waals surface area contributed by atoms with Crippen LogP contribution in [0.3, 0.4) is 0 Å². The summed E-state index contributed by atoms with van der Waals surface area (Å²) in [6, 6.07) is 14.4. The first-order chi connectivity index (χ1) is 12.1. The number of benzene rings is 2. The number of carbonyl (C=O) groups is 2. The fourth-order valence-corrected chi connectivity index (χ4v) is 3.55. The molecule has 0 aliphatic heterocycles. The number of esters is 1. The van der Waals surface area contributed by atoms with E-state index in [0.717, 1.165) is 10.1 Å². The van der Waals surface area contributed by atoms with Gasteiger partial charge in [-0.15, -0.1) is 11.3 Å². The maximum atomic E-state index is 12.5. The summed E-state index contributed by atoms with van der Waals surface area (Å²) in [4.78, 5) is 23.8. The predicted octanol–water partition coefficient (Wildman–Crippen LogP) is 4.24. The molecule has 0 aliphatic carbocycles. The number of thiophene rings is 1. The molecule has 1 aromatic heterocycles. The van der Waals surface area contributed by atoms with Gasteiger partial charge in [-0.2, -0.15) is 5.10 Å². The van der Waals surface area contributed by atoms with Gasteiger partial charge in [0, 0.05) is 22.6 Å². The third-order valence-electron chi connectivity index (χ3n) is 3.27. The third kappa shape index (κ3) is 3.87. The van der Waals surface area contributed by atoms with Crippen molar-refractivity contribution in [1.29, 1.82) is 0 Å². The summed E-state index contributed by atoms with van der Waals surface area (Å²) in [5.74, 6) is -0.496. The number of hydrogen-bond acceptors (Lipinski definition) is 5. The molecule has 0 atom stereocenters. The van der Waals surface area contributed by atoms with E-state index in [1.54, 1.807) is 24.3 Å². The zero-order valence-electron chi connectivity index (χ0n) is 13.2. The minimum absolute atomic E-state index is 0.289. The molecule has 0 spiro atoms. The maximum Gasteiger partial charge on any atom is 0.355 e. The zero-order chi connectivity index (χ0) is 17.8. The van der Waals surface area contributed by atoms with Gasteiger partial charge in [0.2, 0.25) is 5.91 Å². The Morgan fingerprint density at radius 1 is 1.16 bits per heavy atom. The van der Waals surface area contributed by atoms with Crippen LogP contribution in [0, 0.1) is 0 Å². The zero-order valence-corrected chi connectivity index (χ0v) is 14.7. The van der Waals surface area contributed by atoms with Gasteiger partial charge >= 0.3 is 5.97 Å². The van der Waals surface area contributed by atoms with E-state index in [0.29, 0.717) is 21.2 Å². The molecule has 0 aliphatic rings. The fourth-order valence-electron chi connectivity index (χ4n) is 2.16. The van der Waals surface area contributed by atoms with E-state index < -0.39 is 5.97 Å². The lowest BCUT2D eigenvalue weighted by Gasteiger charge is -2.06. The summed E-state index contributed by atoms with van der Waals surface area (Å²) >= 11 is 7.59. The standard InChI is InChI=1S/C18H13ClN2O3S/c1-11(22)21-20-10-12-6-2-4-8-14(12)24-18(23)17-16(19)13-7-3-5-9-15(13)25-17/h2-10H,1H3,(H,21,22)/b20-10+. The van der Waals surface area contributed by atoms with E-state index in [2.05, 4.69) is 10.5 Å². The number of nitrogens with one attached hydrogen (secondary N) is 1. The van der Waals surface area contributed by atoms with Gasteiger partial charge in [0.1, 0.15) is 10.6 Å². The Bertz CT molecular complexity index is 981. The molecular formula is C18H13ClN2O3S. The van der Waals surface area contributed by atoms with Crippen LogP contribution in [0.4, 0.5) is 0 Å². The predicted molar refractivity (Wildman–Crippen MR) is 99.6 cm³/mol. The Kier molecular flexibility index (Phi) is 5.11. The molecule has 0 radical (unpaired) electrons. The van der Waals surface area contributed by atoms with E-state index in [4.69, 9.17) is 16.3 Å². The van der Waals surface area contributed by atoms with E-state index in [9.17, 15) is 9.59 Å². The van der Waals surface area contributed by atoms with Crippen LogP contribution < -0.4 is 10.2 Å². The monoisotopic (exact) mass is 372 g/mol. The van der Waals surface area contributed by atoms with Crippen LogP contribution in [0.2, 0.25) is 5.02 Å². The molecular weight excluding hydrogens is 360 g/mol. The lowest BCUT2D eigenvalue weighted by Crippen LogP contribution is -2.13. The summed E-state index contributed by atoms with van der Waals surface area (Å²) in [7, 11) is 0. The van der Waals surface area contributed by atoms with Crippen LogP contribution in [-0.2, 0) is 4.79 Å². The van der Waals surface area contributed by atoms with Gasteiger partial charge in [0.05, 0.1) is 11.2 Å². The van der Waals surface area contributed by atoms with Crippen LogP contribution in [0.5, 0.6) is 5.75 Å². The first-order valence-electron chi connectivity index (χ1n) is 7.34. The minimum Gasteiger partial charge on any atom is -0.422 e. The Hall–Kier alpha value is -2.70. The molecule has 1 N–H and O–H groups in total. The van der Waals surface area contributed by atoms with Crippen molar-refractivity contribution >= 4 is 51.1 Å². The van der Waals surface area contributed by atoms with E-state index in [1.807, 2.05) is 24.3 Å². The summed E-state index contributed by atoms with van der Waals surface area (Å²) in [5, 5.41) is 5.00. The summed E-state index contributed by atoms with van der Waals surface area (Å²) in [6.07, 6.45) is 1.41. The van der Waals surface area contributed by atoms with Crippen molar-refractivity contribution in [2.75, 3.05) is 0 Å². The van der Waals surface area contributed by atoms with Crippen molar-refractivity contribution in [2.45, 2.75) is 6.92 Å². The highest BCUT2D eigenvalue weighted by Crippen LogP contribution is 2.35. The molecule has 5 nitrogen and oxygen atoms in total. The largest absolute Gasteiger partial charge is 0.422 e. The topological polar surface area (TPSA) is 67.8 Å². The number of fused-ring (bicyclic) bond motifs is 1. The highest BCUT2D eigenvalue weighted by molar-refractivity contribution is 7.21. The molecule has 3 aromatic rings. The molecule has 3 rings (SSSR count). The number of ether oxygens (including phenoxy) is 1. The van der Waals surface area contributed by atoms with Gasteiger partial charge in [-0.3, -0.25) is 4.79 Å². The number of hydrogen-bond donors (Lipinski definition) is 1. The maximum absolute atomic E-state index is 12.5. The fraction of sp³-hybridized carbons (Fsp3) is 0.0556. The highest BCUT2D eigenvalue weighted by atomic mass is 35.5. The van der Waals surface area contributed by atoms with Crippen LogP contribution in [0.25, 0.3) is 10.1 Å². The van der Waals surface area contributed by atoms with Crippen molar-refractivity contribution in [3.8, 4) is 5.75 Å². The van der Waals surface area contributed by atoms with E-state index in [1.165, 1.54) is 24.5 Å². The molecule has 1 heterocycles. The van der Waals surface area contributed by atoms with Crippen LogP contribution >= 0.6 is 22.9 Å². The number of amides is 1. The normalized spacial score (nSPS) is 11.0. The number of carbonyl (C=O) groups excluding carboxylic acids is 2. The van der Waals surface area contributed by atoms with Gasteiger partial charge in [-0.1, -0.05) is 41.9 Å². The first kappa shape index (κ1) is 17.1. The Morgan fingerprint density at radius 3 is 2.64 bits per heavy atom. The smallest absolute Gasteiger partial charge is 0.355 e. The molecule has 25 heavy (non-hydrogen) atoms. The van der Waals surface area contributed by atoms with Crippen molar-refractivity contribution < 1.29 is 14.3 Å². The summed E-state index contributed by atoms with van der Waals surface area (Å²) in [5.41, 5.74) is 2.86. The average Bonchev–Trinajstić information content (AvgIpc) is 2.93. The Balaban J connectivity index is 1.86. The molecule has 0 unspecified atom stereocenters. The molecule has 1 amide bonds. The van der Waals surface area contributed by atoms with E-state index >= 15 is 0 Å². The van der Waals surface area contributed by atoms with Gasteiger partial charge < -0.3 is 4.74 Å². The molecule has 7 heteroatoms. The Labute approximate surface area is 152 Å². The number of para-hydroxylation sites is 1. The molecule has 0 fully saturated rings. The second-order valence-electron chi connectivity index (χ2n) is 5.09. The summed E-state index contributed by atoms with van der Waals surface area (Å²) < 4.78 is 6.40. The van der Waals surface area contributed by atoms with Crippen molar-refractivity contribution in [2.24, 2.45) is 5.10 Å². The SMILES string of the molecule is CC(=O)N/N=C/c1ccccc1OC(=O)c1sc2ccccc2c1Cl. The minimum atomic E-state index is -0.536. The number of nitrogens with zero attached hydrogens (tertiary/aromatic N) is 1. The van der Waals surface area contributed by atoms with Gasteiger partial charge in [0.25, 0.3) is 0 Å². The van der Waals surface area contributed by atoms with Crippen LogP contribution in [-0.4, -0.2) is 18.1 Å². The van der Waals surface area contributed by atoms with Gasteiger partial charge in [-0.25, -0.2) is 10.2 Å². The lowest BCUT2D eigenvalue weighted by molar-refractivity contribution is -0.118. The molecule has 126 valence electrons. The van der Waals surface area contributed by atoms with Crippen molar-refractivity contribution in [3.63, 3.8) is 0 Å². The first-order valence-corrected chi connectivity index (χ1v) is 8.53. The number of hydrazone groups is 1. The van der Waals surface area contributed by atoms with Gasteiger partial charge in [-0.05, 0) is 18.2 Å². The van der Waals surface area contributed by atoms with Crippen LogP contribution in [0.1, 0.15) is 22.2 Å². The number of halogens is 1. The average molecular weight is 373 g/mol. The number of rotatable bonds is 4. The third-order valence-corrected chi connectivity index (χ3v) is 4.92. The quantitative estimate of drug-likeness (QED) is 0.322. The lowest BCUT2D eigenvalue weighted by atomic mass is 10.2. The summed E-state index contributed by atoms with van der Waals surface area (Å²) in [6.45, 7) is 1.35. The van der Waals surface area contributed by atoms with Crippen LogP contribution in [0.15, 0.2) is 53.6 Å². The molecule has 2 aromatic carbocycles. The van der Waals surface area contributed by atoms with Crippen molar-refractivity contribution in [1.82, 2.24) is 5.43 Å².